The van der Waals surface area contributed by atoms with E-state index < -0.39 is 15.6 Å². The van der Waals surface area contributed by atoms with Gasteiger partial charge in [0.1, 0.15) is 10.4 Å². The Balaban J connectivity index is 1.23. The fraction of sp³-hybridized carbons (Fsp3) is 0.292. The topological polar surface area (TPSA) is 117 Å². The van der Waals surface area contributed by atoms with Crippen molar-refractivity contribution in [3.8, 4) is 0 Å². The molecule has 9 nitrogen and oxygen atoms in total. The number of hydrogen-bond acceptors (Lipinski definition) is 7. The molecule has 2 aromatic heterocycles. The van der Waals surface area contributed by atoms with Gasteiger partial charge in [-0.2, -0.15) is 5.10 Å². The van der Waals surface area contributed by atoms with Crippen molar-refractivity contribution >= 4 is 43.2 Å². The van der Waals surface area contributed by atoms with Gasteiger partial charge >= 0.3 is 0 Å². The van der Waals surface area contributed by atoms with Crippen LogP contribution in [0.25, 0.3) is 10.2 Å². The number of hydrogen-bond donors (Lipinski definition) is 2. The highest BCUT2D eigenvalue weighted by Crippen LogP contribution is 2.28. The van der Waals surface area contributed by atoms with Crippen LogP contribution < -0.4 is 4.72 Å². The molecule has 0 radical (unpaired) electrons. The summed E-state index contributed by atoms with van der Waals surface area (Å²) in [5, 5.41) is 15.1. The second kappa shape index (κ2) is 9.06. The van der Waals surface area contributed by atoms with Crippen molar-refractivity contribution in [2.75, 3.05) is 17.8 Å². The van der Waals surface area contributed by atoms with E-state index in [4.69, 9.17) is 0 Å². The van der Waals surface area contributed by atoms with Gasteiger partial charge in [-0.1, -0.05) is 6.07 Å². The van der Waals surface area contributed by atoms with Crippen LogP contribution in [0.15, 0.2) is 65.1 Å². The van der Waals surface area contributed by atoms with E-state index in [9.17, 15) is 18.3 Å². The molecule has 4 aromatic rings. The first-order valence-electron chi connectivity index (χ1n) is 11.2. The molecule has 3 heterocycles. The van der Waals surface area contributed by atoms with Crippen LogP contribution in [0.4, 0.5) is 5.69 Å². The van der Waals surface area contributed by atoms with Gasteiger partial charge in [-0.3, -0.25) is 14.2 Å². The summed E-state index contributed by atoms with van der Waals surface area (Å²) in [6.45, 7) is 0.887. The number of piperidine rings is 1. The van der Waals surface area contributed by atoms with Crippen LogP contribution in [-0.2, 0) is 23.5 Å². The zero-order valence-electron chi connectivity index (χ0n) is 19.1. The largest absolute Gasteiger partial charge is 0.389 e. The van der Waals surface area contributed by atoms with Crippen LogP contribution >= 0.6 is 11.3 Å². The summed E-state index contributed by atoms with van der Waals surface area (Å²) < 4.78 is 31.0. The van der Waals surface area contributed by atoms with Crippen LogP contribution in [0.5, 0.6) is 0 Å². The minimum Gasteiger partial charge on any atom is -0.389 e. The molecule has 0 atom stereocenters. The zero-order valence-corrected chi connectivity index (χ0v) is 20.7. The summed E-state index contributed by atoms with van der Waals surface area (Å²) >= 11 is 1.38. The Kier molecular flexibility index (Phi) is 6.07. The minimum atomic E-state index is -3.84. The number of nitrogens with zero attached hydrogens (tertiary/aromatic N) is 4. The quantitative estimate of drug-likeness (QED) is 0.411. The van der Waals surface area contributed by atoms with E-state index in [-0.39, 0.29) is 10.8 Å². The standard InChI is InChI=1S/C24H25N5O4S2/c1-28-19(9-12-26-28)15-24(31)10-13-29(14-11-24)23(30)17-5-7-18(8-6-17)27-35(32,33)21-4-2-3-20-22(21)25-16-34-20/h2-9,12,16,27,31H,10-11,13-15H2,1H3. The normalized spacial score (nSPS) is 15.9. The Hall–Kier alpha value is -3.28. The lowest BCUT2D eigenvalue weighted by molar-refractivity contribution is -0.0174. The van der Waals surface area contributed by atoms with Gasteiger partial charge in [-0.05, 0) is 55.3 Å². The van der Waals surface area contributed by atoms with Gasteiger partial charge in [0.15, 0.2) is 0 Å². The molecule has 1 saturated heterocycles. The molecule has 1 fully saturated rings. The maximum absolute atomic E-state index is 13.0. The number of amides is 1. The molecule has 0 saturated carbocycles. The molecule has 182 valence electrons. The number of sulfonamides is 1. The van der Waals surface area contributed by atoms with Gasteiger partial charge in [0.25, 0.3) is 15.9 Å². The minimum absolute atomic E-state index is 0.114. The molecule has 0 spiro atoms. The summed E-state index contributed by atoms with van der Waals surface area (Å²) in [7, 11) is -1.99. The lowest BCUT2D eigenvalue weighted by Gasteiger charge is -2.38. The summed E-state index contributed by atoms with van der Waals surface area (Å²) in [6.07, 6.45) is 3.16. The third-order valence-electron chi connectivity index (χ3n) is 6.41. The summed E-state index contributed by atoms with van der Waals surface area (Å²) in [5.74, 6) is -0.144. The van der Waals surface area contributed by atoms with Gasteiger partial charge in [0.2, 0.25) is 0 Å². The van der Waals surface area contributed by atoms with Crippen molar-refractivity contribution in [3.05, 3.63) is 71.5 Å². The molecule has 35 heavy (non-hydrogen) atoms. The lowest BCUT2D eigenvalue weighted by atomic mass is 9.86. The molecular weight excluding hydrogens is 486 g/mol. The van der Waals surface area contributed by atoms with Gasteiger partial charge < -0.3 is 10.0 Å². The Labute approximate surface area is 207 Å². The van der Waals surface area contributed by atoms with Crippen LogP contribution in [-0.4, -0.2) is 57.8 Å². The highest BCUT2D eigenvalue weighted by atomic mass is 32.2. The van der Waals surface area contributed by atoms with Crippen molar-refractivity contribution in [2.45, 2.75) is 29.8 Å². The first-order valence-corrected chi connectivity index (χ1v) is 13.5. The number of aryl methyl sites for hydroxylation is 1. The number of thiazole rings is 1. The molecule has 0 bridgehead atoms. The van der Waals surface area contributed by atoms with Crippen LogP contribution in [0, 0.1) is 0 Å². The lowest BCUT2D eigenvalue weighted by Crippen LogP contribution is -2.48. The summed E-state index contributed by atoms with van der Waals surface area (Å²) in [6, 6.07) is 13.3. The number of benzene rings is 2. The fourth-order valence-electron chi connectivity index (χ4n) is 4.37. The highest BCUT2D eigenvalue weighted by molar-refractivity contribution is 7.93. The molecule has 11 heteroatoms. The van der Waals surface area contributed by atoms with Gasteiger partial charge in [-0.25, -0.2) is 13.4 Å². The summed E-state index contributed by atoms with van der Waals surface area (Å²) in [5.41, 5.74) is 2.96. The number of para-hydroxylation sites is 1. The maximum atomic E-state index is 13.0. The third-order valence-corrected chi connectivity index (χ3v) is 8.62. The van der Waals surface area contributed by atoms with Crippen molar-refractivity contribution in [1.82, 2.24) is 19.7 Å². The predicted molar refractivity (Wildman–Crippen MR) is 134 cm³/mol. The van der Waals surface area contributed by atoms with E-state index >= 15 is 0 Å². The van der Waals surface area contributed by atoms with E-state index in [1.165, 1.54) is 17.4 Å². The maximum Gasteiger partial charge on any atom is 0.264 e. The fourth-order valence-corrected chi connectivity index (χ4v) is 6.36. The van der Waals surface area contributed by atoms with E-state index in [0.717, 1.165) is 10.4 Å². The number of rotatable bonds is 6. The van der Waals surface area contributed by atoms with Gasteiger partial charge in [-0.15, -0.1) is 11.3 Å². The van der Waals surface area contributed by atoms with Crippen molar-refractivity contribution < 1.29 is 18.3 Å². The molecule has 0 unspecified atom stereocenters. The Morgan fingerprint density at radius 2 is 1.89 bits per heavy atom. The van der Waals surface area contributed by atoms with E-state index in [0.29, 0.717) is 49.1 Å². The number of aliphatic hydroxyl groups is 1. The number of anilines is 1. The highest BCUT2D eigenvalue weighted by Gasteiger charge is 2.35. The molecule has 1 amide bonds. The number of fused-ring (bicyclic) bond motifs is 1. The second-order valence-electron chi connectivity index (χ2n) is 8.78. The average Bonchev–Trinajstić information content (AvgIpc) is 3.48. The third kappa shape index (κ3) is 4.79. The number of aromatic nitrogens is 3. The number of nitrogens with one attached hydrogen (secondary N) is 1. The number of carbonyl (C=O) groups is 1. The van der Waals surface area contributed by atoms with Gasteiger partial charge in [0.05, 0.1) is 15.8 Å². The molecule has 1 aliphatic heterocycles. The Morgan fingerprint density at radius 3 is 2.57 bits per heavy atom. The Morgan fingerprint density at radius 1 is 1.14 bits per heavy atom. The average molecular weight is 512 g/mol. The first-order chi connectivity index (χ1) is 16.7. The summed E-state index contributed by atoms with van der Waals surface area (Å²) in [4.78, 5) is 19.0. The first kappa shape index (κ1) is 23.5. The van der Waals surface area contributed by atoms with E-state index in [1.54, 1.807) is 51.6 Å². The number of carbonyl (C=O) groups excluding carboxylic acids is 1. The monoisotopic (exact) mass is 511 g/mol. The van der Waals surface area contributed by atoms with E-state index in [2.05, 4.69) is 14.8 Å². The van der Waals surface area contributed by atoms with Crippen LogP contribution in [0.1, 0.15) is 28.9 Å². The van der Waals surface area contributed by atoms with Crippen LogP contribution in [0.2, 0.25) is 0 Å². The Bertz CT molecular complexity index is 1470. The van der Waals surface area contributed by atoms with Gasteiger partial charge in [0, 0.05) is 49.7 Å². The zero-order chi connectivity index (χ0) is 24.6. The smallest absolute Gasteiger partial charge is 0.264 e. The molecular formula is C24H25N5O4S2. The molecule has 2 N–H and O–H groups in total. The number of likely N-dealkylation sites (tertiary alicyclic amines) is 1. The molecule has 2 aromatic carbocycles. The molecule has 1 aliphatic rings. The predicted octanol–water partition coefficient (Wildman–Crippen LogP) is 3.04. The SMILES string of the molecule is Cn1nccc1CC1(O)CCN(C(=O)c2ccc(NS(=O)(=O)c3cccc4scnc34)cc2)CC1. The molecule has 5 rings (SSSR count). The van der Waals surface area contributed by atoms with Crippen molar-refractivity contribution in [1.29, 1.82) is 0 Å². The second-order valence-corrected chi connectivity index (χ2v) is 11.3. The van der Waals surface area contributed by atoms with E-state index in [1.807, 2.05) is 19.2 Å². The molecule has 0 aliphatic carbocycles. The van der Waals surface area contributed by atoms with Crippen molar-refractivity contribution in [2.24, 2.45) is 7.05 Å². The van der Waals surface area contributed by atoms with Crippen molar-refractivity contribution in [3.63, 3.8) is 0 Å². The van der Waals surface area contributed by atoms with Crippen LogP contribution in [0.3, 0.4) is 0 Å².